The third kappa shape index (κ3) is 1.78. The summed E-state index contributed by atoms with van der Waals surface area (Å²) in [7, 11) is 0. The van der Waals surface area contributed by atoms with Crippen molar-refractivity contribution in [1.82, 2.24) is 4.98 Å². The topological polar surface area (TPSA) is 65.7 Å². The average molecular weight is 201 g/mol. The van der Waals surface area contributed by atoms with E-state index in [0.717, 1.165) is 0 Å². The van der Waals surface area contributed by atoms with Crippen LogP contribution in [0.5, 0.6) is 0 Å². The van der Waals surface area contributed by atoms with Crippen LogP contribution >= 0.6 is 0 Å². The van der Waals surface area contributed by atoms with Gasteiger partial charge in [0.05, 0.1) is 0 Å². The Morgan fingerprint density at radius 1 is 1.53 bits per heavy atom. The zero-order chi connectivity index (χ0) is 10.8. The summed E-state index contributed by atoms with van der Waals surface area (Å²) in [6, 6.07) is 6.03. The minimum Gasteiger partial charge on any atom is -0.361 e. The van der Waals surface area contributed by atoms with Gasteiger partial charge in [0.2, 0.25) is 0 Å². The van der Waals surface area contributed by atoms with Gasteiger partial charge in [-0.3, -0.25) is 0 Å². The van der Waals surface area contributed by atoms with E-state index in [1.807, 2.05) is 12.3 Å². The fourth-order valence-electron chi connectivity index (χ4n) is 1.85. The first-order valence-corrected chi connectivity index (χ1v) is 5.04. The van der Waals surface area contributed by atoms with Crippen LogP contribution in [0, 0.1) is 12.3 Å². The quantitative estimate of drug-likeness (QED) is 0.653. The molecule has 1 heterocycles. The maximum Gasteiger partial charge on any atom is 0.0486 e. The molecule has 0 aliphatic rings. The lowest BCUT2D eigenvalue weighted by atomic mass is 10.0. The lowest BCUT2D eigenvalue weighted by Gasteiger charge is -2.03. The van der Waals surface area contributed by atoms with E-state index in [1.165, 1.54) is 28.2 Å². The zero-order valence-electron chi connectivity index (χ0n) is 8.75. The molecule has 0 aliphatic heterocycles. The standard InChI is InChI=1S/C12H15N3/c1-8-3-2-4-11-9(5-10(14)6-13)7-15-12(8)11/h2-4,6-7,10,13,15H,5,14H2,1H3. The van der Waals surface area contributed by atoms with E-state index >= 15 is 0 Å². The van der Waals surface area contributed by atoms with E-state index in [1.54, 1.807) is 0 Å². The van der Waals surface area contributed by atoms with Crippen LogP contribution in [0.3, 0.4) is 0 Å². The van der Waals surface area contributed by atoms with Crippen LogP contribution in [-0.2, 0) is 6.42 Å². The fourth-order valence-corrected chi connectivity index (χ4v) is 1.85. The number of benzene rings is 1. The summed E-state index contributed by atoms with van der Waals surface area (Å²) in [6.07, 6.45) is 3.99. The van der Waals surface area contributed by atoms with Crippen LogP contribution in [0.1, 0.15) is 11.1 Å². The van der Waals surface area contributed by atoms with Crippen molar-refractivity contribution in [2.24, 2.45) is 5.73 Å². The number of nitrogens with two attached hydrogens (primary N) is 1. The minimum absolute atomic E-state index is 0.190. The van der Waals surface area contributed by atoms with Crippen molar-refractivity contribution in [2.75, 3.05) is 0 Å². The van der Waals surface area contributed by atoms with Crippen molar-refractivity contribution in [1.29, 1.82) is 5.41 Å². The largest absolute Gasteiger partial charge is 0.361 e. The molecule has 0 aliphatic carbocycles. The van der Waals surface area contributed by atoms with E-state index < -0.39 is 0 Å². The Hall–Kier alpha value is -1.61. The normalized spacial score (nSPS) is 12.9. The molecule has 3 nitrogen and oxygen atoms in total. The van der Waals surface area contributed by atoms with E-state index in [0.29, 0.717) is 6.42 Å². The molecule has 1 aromatic carbocycles. The number of aromatic nitrogens is 1. The second-order valence-corrected chi connectivity index (χ2v) is 3.85. The molecule has 0 saturated carbocycles. The minimum atomic E-state index is -0.190. The Kier molecular flexibility index (Phi) is 2.56. The van der Waals surface area contributed by atoms with Crippen molar-refractivity contribution < 1.29 is 0 Å². The van der Waals surface area contributed by atoms with Gasteiger partial charge in [-0.2, -0.15) is 0 Å². The molecule has 2 rings (SSSR count). The van der Waals surface area contributed by atoms with E-state index in [-0.39, 0.29) is 6.04 Å². The van der Waals surface area contributed by atoms with Crippen LogP contribution in [0.4, 0.5) is 0 Å². The molecule has 0 bridgehead atoms. The molecule has 0 radical (unpaired) electrons. The van der Waals surface area contributed by atoms with Crippen molar-refractivity contribution >= 4 is 17.1 Å². The van der Waals surface area contributed by atoms with Crippen LogP contribution in [0.2, 0.25) is 0 Å². The molecular formula is C12H15N3. The Bertz CT molecular complexity index is 485. The number of aryl methyl sites for hydroxylation is 1. The highest BCUT2D eigenvalue weighted by molar-refractivity contribution is 5.86. The molecule has 2 aromatic rings. The van der Waals surface area contributed by atoms with Gasteiger partial charge in [0.15, 0.2) is 0 Å². The predicted molar refractivity (Wildman–Crippen MR) is 63.5 cm³/mol. The van der Waals surface area contributed by atoms with Gasteiger partial charge >= 0.3 is 0 Å². The van der Waals surface area contributed by atoms with Crippen LogP contribution in [0.15, 0.2) is 24.4 Å². The smallest absolute Gasteiger partial charge is 0.0486 e. The lowest BCUT2D eigenvalue weighted by Crippen LogP contribution is -2.23. The molecule has 15 heavy (non-hydrogen) atoms. The summed E-state index contributed by atoms with van der Waals surface area (Å²) in [6.45, 7) is 2.08. The monoisotopic (exact) mass is 201 g/mol. The Balaban J connectivity index is 2.45. The number of nitrogens with one attached hydrogen (secondary N) is 2. The van der Waals surface area contributed by atoms with Gasteiger partial charge in [0.25, 0.3) is 0 Å². The number of para-hydroxylation sites is 1. The van der Waals surface area contributed by atoms with Crippen LogP contribution < -0.4 is 5.73 Å². The molecule has 1 unspecified atom stereocenters. The first-order chi connectivity index (χ1) is 7.22. The highest BCUT2D eigenvalue weighted by Crippen LogP contribution is 2.21. The Morgan fingerprint density at radius 2 is 2.33 bits per heavy atom. The third-order valence-electron chi connectivity index (χ3n) is 2.68. The lowest BCUT2D eigenvalue weighted by molar-refractivity contribution is 0.865. The highest BCUT2D eigenvalue weighted by atomic mass is 14.7. The van der Waals surface area contributed by atoms with Crippen LogP contribution in [-0.4, -0.2) is 17.2 Å². The van der Waals surface area contributed by atoms with Gasteiger partial charge in [-0.15, -0.1) is 0 Å². The summed E-state index contributed by atoms with van der Waals surface area (Å²) < 4.78 is 0. The molecule has 78 valence electrons. The number of fused-ring (bicyclic) bond motifs is 1. The van der Waals surface area contributed by atoms with Crippen molar-refractivity contribution in [3.8, 4) is 0 Å². The first-order valence-electron chi connectivity index (χ1n) is 5.04. The molecule has 3 heteroatoms. The number of aromatic amines is 1. The number of H-pyrrole nitrogens is 1. The molecule has 0 amide bonds. The summed E-state index contributed by atoms with van der Waals surface area (Å²) in [5.41, 5.74) is 9.33. The molecule has 0 fully saturated rings. The molecule has 0 spiro atoms. The van der Waals surface area contributed by atoms with Gasteiger partial charge in [0, 0.05) is 29.4 Å². The van der Waals surface area contributed by atoms with Gasteiger partial charge in [-0.05, 0) is 24.5 Å². The Labute approximate surface area is 88.8 Å². The first kappa shape index (κ1) is 9.93. The maximum atomic E-state index is 7.10. The van der Waals surface area contributed by atoms with Crippen LogP contribution in [0.25, 0.3) is 10.9 Å². The molecule has 4 N–H and O–H groups in total. The molecule has 0 saturated heterocycles. The molecule has 1 atom stereocenters. The van der Waals surface area contributed by atoms with E-state index in [4.69, 9.17) is 11.1 Å². The van der Waals surface area contributed by atoms with E-state index in [9.17, 15) is 0 Å². The number of hydrogen-bond donors (Lipinski definition) is 3. The number of rotatable bonds is 3. The van der Waals surface area contributed by atoms with Gasteiger partial charge in [0.1, 0.15) is 0 Å². The molecule has 1 aromatic heterocycles. The van der Waals surface area contributed by atoms with Crippen molar-refractivity contribution in [2.45, 2.75) is 19.4 Å². The second kappa shape index (κ2) is 3.87. The van der Waals surface area contributed by atoms with E-state index in [2.05, 4.69) is 24.0 Å². The highest BCUT2D eigenvalue weighted by Gasteiger charge is 2.07. The molecular weight excluding hydrogens is 186 g/mol. The summed E-state index contributed by atoms with van der Waals surface area (Å²) >= 11 is 0. The average Bonchev–Trinajstić information content (AvgIpc) is 2.63. The van der Waals surface area contributed by atoms with Gasteiger partial charge in [-0.25, -0.2) is 0 Å². The third-order valence-corrected chi connectivity index (χ3v) is 2.68. The van der Waals surface area contributed by atoms with Gasteiger partial charge < -0.3 is 16.1 Å². The summed E-state index contributed by atoms with van der Waals surface area (Å²) in [5, 5.41) is 8.32. The maximum absolute atomic E-state index is 7.10. The van der Waals surface area contributed by atoms with Crippen molar-refractivity contribution in [3.63, 3.8) is 0 Å². The predicted octanol–water partition coefficient (Wildman–Crippen LogP) is 2.00. The Morgan fingerprint density at radius 3 is 3.07 bits per heavy atom. The summed E-state index contributed by atoms with van der Waals surface area (Å²) in [5.74, 6) is 0. The summed E-state index contributed by atoms with van der Waals surface area (Å²) in [4.78, 5) is 3.26. The van der Waals surface area contributed by atoms with Crippen molar-refractivity contribution in [3.05, 3.63) is 35.5 Å². The van der Waals surface area contributed by atoms with Gasteiger partial charge in [-0.1, -0.05) is 18.2 Å². The number of hydrogen-bond acceptors (Lipinski definition) is 2. The SMILES string of the molecule is Cc1cccc2c(CC(N)C=N)c[nH]c12. The second-order valence-electron chi connectivity index (χ2n) is 3.85. The fraction of sp³-hybridized carbons (Fsp3) is 0.250. The zero-order valence-corrected chi connectivity index (χ0v) is 8.75.